The van der Waals surface area contributed by atoms with Crippen LogP contribution in [-0.2, 0) is 6.54 Å². The third-order valence-electron chi connectivity index (χ3n) is 5.62. The van der Waals surface area contributed by atoms with Gasteiger partial charge in [-0.05, 0) is 61.4 Å². The largest absolute Gasteiger partial charge is 0.595 e. The maximum absolute atomic E-state index is 13.1. The number of nitrogens with one attached hydrogen (secondary N) is 5. The number of hydrogen-bond acceptors (Lipinski definition) is 9. The third kappa shape index (κ3) is 7.51. The van der Waals surface area contributed by atoms with Crippen LogP contribution in [-0.4, -0.2) is 48.2 Å². The number of benzene rings is 2. The van der Waals surface area contributed by atoms with Crippen LogP contribution in [0.3, 0.4) is 0 Å². The number of anilines is 3. The highest BCUT2D eigenvalue weighted by Gasteiger charge is 2.14. The van der Waals surface area contributed by atoms with E-state index in [0.717, 1.165) is 34.9 Å². The Balaban J connectivity index is 1.41. The van der Waals surface area contributed by atoms with Gasteiger partial charge in [0.25, 0.3) is 5.91 Å². The van der Waals surface area contributed by atoms with E-state index in [2.05, 4.69) is 26.3 Å². The first-order chi connectivity index (χ1) is 18.4. The van der Waals surface area contributed by atoms with Crippen LogP contribution in [0, 0.1) is 5.21 Å². The predicted octanol–water partition coefficient (Wildman–Crippen LogP) is 3.29. The first-order valence-corrected chi connectivity index (χ1v) is 12.9. The molecule has 6 N–H and O–H groups in total. The first kappa shape index (κ1) is 27.0. The van der Waals surface area contributed by atoms with Gasteiger partial charge in [0, 0.05) is 42.6 Å². The molecular formula is C27H31N7O3S. The second-order valence-electron chi connectivity index (χ2n) is 8.79. The molecule has 10 nitrogen and oxygen atoms in total. The molecule has 0 spiro atoms. The molecule has 2 heterocycles. The lowest BCUT2D eigenvalue weighted by Crippen LogP contribution is -2.99. The number of carbonyl (C=O) groups excluding carboxylic acids is 1. The maximum atomic E-state index is 13.1. The smallest absolute Gasteiger partial charge is 0.267 e. The Labute approximate surface area is 225 Å². The number of rotatable bonds is 12. The lowest BCUT2D eigenvalue weighted by atomic mass is 10.1. The van der Waals surface area contributed by atoms with Crippen LogP contribution in [0.5, 0.6) is 0 Å². The van der Waals surface area contributed by atoms with Crippen LogP contribution in [0.25, 0.3) is 10.9 Å². The number of fused-ring (bicyclic) bond motifs is 1. The Morgan fingerprint density at radius 3 is 2.68 bits per heavy atom. The number of hydrogen-bond donors (Lipinski definition) is 6. The highest BCUT2D eigenvalue weighted by molar-refractivity contribution is 7.12. The van der Waals surface area contributed by atoms with E-state index < -0.39 is 5.23 Å². The highest BCUT2D eigenvalue weighted by atomic mass is 32.1. The summed E-state index contributed by atoms with van der Waals surface area (Å²) >= 11 is 1.36. The highest BCUT2D eigenvalue weighted by Crippen LogP contribution is 2.26. The van der Waals surface area contributed by atoms with Gasteiger partial charge in [-0.1, -0.05) is 24.3 Å². The van der Waals surface area contributed by atoms with Crippen molar-refractivity contribution in [3.63, 3.8) is 0 Å². The molecule has 0 radical (unpaired) electrons. The van der Waals surface area contributed by atoms with Crippen LogP contribution in [0.1, 0.15) is 15.2 Å². The summed E-state index contributed by atoms with van der Waals surface area (Å²) < 4.78 is 0. The number of amides is 1. The van der Waals surface area contributed by atoms with E-state index in [1.54, 1.807) is 30.5 Å². The number of para-hydroxylation sites is 1. The van der Waals surface area contributed by atoms with Crippen LogP contribution in [0.2, 0.25) is 0 Å². The molecule has 0 bridgehead atoms. The fourth-order valence-corrected chi connectivity index (χ4v) is 4.58. The summed E-state index contributed by atoms with van der Waals surface area (Å²) in [5.41, 5.74) is 4.00. The molecule has 0 aliphatic rings. The summed E-state index contributed by atoms with van der Waals surface area (Å²) in [4.78, 5) is 20.1. The quantitative estimate of drug-likeness (QED) is 0.153. The van der Waals surface area contributed by atoms with Crippen LogP contribution in [0.15, 0.2) is 84.3 Å². The molecule has 1 unspecified atom stereocenters. The van der Waals surface area contributed by atoms with Crippen molar-refractivity contribution in [3.05, 3.63) is 99.9 Å². The van der Waals surface area contributed by atoms with Crippen LogP contribution in [0.4, 0.5) is 17.1 Å². The zero-order valence-electron chi connectivity index (χ0n) is 21.2. The number of pyridine rings is 1. The van der Waals surface area contributed by atoms with Gasteiger partial charge >= 0.3 is 0 Å². The molecule has 4 rings (SSSR count). The Bertz CT molecular complexity index is 1400. The SMILES string of the molecule is CN(C)CCN/C(=C\[NH+]([O-])O)Nc1cccc(NC(=O)c2sccc2NCc2ccnc3ccccc23)c1. The fraction of sp³-hybridized carbons (Fsp3) is 0.185. The van der Waals surface area contributed by atoms with E-state index in [-0.39, 0.29) is 5.91 Å². The minimum absolute atomic E-state index is 0.232. The number of aromatic nitrogens is 1. The van der Waals surface area contributed by atoms with Crippen molar-refractivity contribution in [1.82, 2.24) is 15.2 Å². The summed E-state index contributed by atoms with van der Waals surface area (Å²) in [5.74, 6) is 0.126. The molecule has 0 saturated carbocycles. The van der Waals surface area contributed by atoms with Gasteiger partial charge in [0.2, 0.25) is 0 Å². The molecule has 0 saturated heterocycles. The average Bonchev–Trinajstić information content (AvgIpc) is 3.36. The van der Waals surface area contributed by atoms with E-state index in [1.165, 1.54) is 11.3 Å². The van der Waals surface area contributed by atoms with Gasteiger partial charge in [0.1, 0.15) is 4.88 Å². The average molecular weight is 534 g/mol. The van der Waals surface area contributed by atoms with Gasteiger partial charge in [-0.15, -0.1) is 11.3 Å². The minimum atomic E-state index is -1.06. The molecule has 198 valence electrons. The van der Waals surface area contributed by atoms with Crippen molar-refractivity contribution in [3.8, 4) is 0 Å². The molecule has 2 aromatic heterocycles. The number of carbonyl (C=O) groups is 1. The van der Waals surface area contributed by atoms with Crippen molar-refractivity contribution in [2.75, 3.05) is 43.1 Å². The number of hydroxylamine groups is 2. The number of nitrogens with zero attached hydrogens (tertiary/aromatic N) is 2. The molecule has 1 amide bonds. The van der Waals surface area contributed by atoms with Gasteiger partial charge in [-0.3, -0.25) is 9.78 Å². The molecule has 2 aromatic carbocycles. The van der Waals surface area contributed by atoms with Gasteiger partial charge in [-0.25, -0.2) is 5.21 Å². The molecule has 0 fully saturated rings. The number of thiophene rings is 1. The van der Waals surface area contributed by atoms with E-state index in [0.29, 0.717) is 35.2 Å². The Morgan fingerprint density at radius 1 is 1.11 bits per heavy atom. The standard InChI is InChI=1S/C27H31N7O3S/c1-33(2)14-13-29-25(18-34(36)37)31-20-6-5-7-21(16-20)32-27(35)26-24(11-15-38-26)30-17-19-10-12-28-23-9-4-3-8-22(19)23/h3-12,15-16,18,29-31,34,36H,13-14,17H2,1-2H3,(H,32,35)/b25-18+. The second-order valence-corrected chi connectivity index (χ2v) is 9.71. The normalized spacial score (nSPS) is 12.4. The van der Waals surface area contributed by atoms with Gasteiger partial charge in [-0.2, -0.15) is 5.23 Å². The van der Waals surface area contributed by atoms with Gasteiger partial charge in [0.05, 0.1) is 11.2 Å². The third-order valence-corrected chi connectivity index (χ3v) is 6.53. The van der Waals surface area contributed by atoms with Crippen LogP contribution < -0.4 is 26.5 Å². The van der Waals surface area contributed by atoms with Gasteiger partial charge in [0.15, 0.2) is 12.0 Å². The number of quaternary nitrogens is 1. The Hall–Kier alpha value is -4.00. The Kier molecular flexibility index (Phi) is 9.25. The van der Waals surface area contributed by atoms with Gasteiger partial charge < -0.3 is 31.4 Å². The molecule has 38 heavy (non-hydrogen) atoms. The second kappa shape index (κ2) is 13.0. The maximum Gasteiger partial charge on any atom is 0.267 e. The van der Waals surface area contributed by atoms with E-state index in [4.69, 9.17) is 0 Å². The zero-order chi connectivity index (χ0) is 26.9. The van der Waals surface area contributed by atoms with Crippen molar-refractivity contribution >= 4 is 45.2 Å². The van der Waals surface area contributed by atoms with Crippen molar-refractivity contribution in [2.45, 2.75) is 6.54 Å². The number of likely N-dealkylation sites (N-methyl/N-ethyl adjacent to an activating group) is 1. The lowest BCUT2D eigenvalue weighted by molar-refractivity contribution is -1.00. The minimum Gasteiger partial charge on any atom is -0.595 e. The molecule has 0 aliphatic heterocycles. The summed E-state index contributed by atoms with van der Waals surface area (Å²) in [5, 5.41) is 34.8. The van der Waals surface area contributed by atoms with E-state index >= 15 is 0 Å². The lowest BCUT2D eigenvalue weighted by Gasteiger charge is -2.17. The Morgan fingerprint density at radius 2 is 1.89 bits per heavy atom. The first-order valence-electron chi connectivity index (χ1n) is 12.0. The van der Waals surface area contributed by atoms with E-state index in [1.807, 2.05) is 60.8 Å². The predicted molar refractivity (Wildman–Crippen MR) is 152 cm³/mol. The fourth-order valence-electron chi connectivity index (χ4n) is 3.81. The monoisotopic (exact) mass is 533 g/mol. The molecule has 4 aromatic rings. The molecule has 1 atom stereocenters. The summed E-state index contributed by atoms with van der Waals surface area (Å²) in [6.07, 6.45) is 2.87. The van der Waals surface area contributed by atoms with Crippen molar-refractivity contribution in [2.24, 2.45) is 0 Å². The molecule has 0 aliphatic carbocycles. The zero-order valence-corrected chi connectivity index (χ0v) is 22.0. The molecular weight excluding hydrogens is 502 g/mol. The summed E-state index contributed by atoms with van der Waals surface area (Å²) in [7, 11) is 3.88. The van der Waals surface area contributed by atoms with Crippen molar-refractivity contribution < 1.29 is 15.2 Å². The van der Waals surface area contributed by atoms with Crippen LogP contribution >= 0.6 is 11.3 Å². The summed E-state index contributed by atoms with van der Waals surface area (Å²) in [6, 6.07) is 19.0. The topological polar surface area (TPSA) is 129 Å². The molecule has 11 heteroatoms. The van der Waals surface area contributed by atoms with Crippen molar-refractivity contribution in [1.29, 1.82) is 0 Å². The summed E-state index contributed by atoms with van der Waals surface area (Å²) in [6.45, 7) is 1.86. The van der Waals surface area contributed by atoms with E-state index in [9.17, 15) is 15.2 Å².